The Balaban J connectivity index is 1.68. The van der Waals surface area contributed by atoms with Crippen LogP contribution in [0.3, 0.4) is 0 Å². The van der Waals surface area contributed by atoms with E-state index in [1.54, 1.807) is 0 Å². The summed E-state index contributed by atoms with van der Waals surface area (Å²) in [5.41, 5.74) is 1.14. The van der Waals surface area contributed by atoms with Gasteiger partial charge in [-0.1, -0.05) is 6.07 Å². The number of rotatable bonds is 3. The van der Waals surface area contributed by atoms with Crippen LogP contribution in [0.25, 0.3) is 0 Å². The lowest BCUT2D eigenvalue weighted by Gasteiger charge is -2.17. The predicted molar refractivity (Wildman–Crippen MR) is 66.1 cm³/mol. The first-order chi connectivity index (χ1) is 9.22. The van der Waals surface area contributed by atoms with Gasteiger partial charge in [0.15, 0.2) is 11.5 Å². The van der Waals surface area contributed by atoms with Crippen LogP contribution in [-0.4, -0.2) is 32.1 Å². The second-order valence-electron chi connectivity index (χ2n) is 4.84. The van der Waals surface area contributed by atoms with Gasteiger partial charge in [0.2, 0.25) is 6.79 Å². The highest BCUT2D eigenvalue weighted by molar-refractivity contribution is 5.66. The number of esters is 1. The van der Waals surface area contributed by atoms with Gasteiger partial charge in [0, 0.05) is 12.8 Å². The summed E-state index contributed by atoms with van der Waals surface area (Å²) in [5, 5.41) is 0. The Kier molecular flexibility index (Phi) is 3.29. The highest BCUT2D eigenvalue weighted by Gasteiger charge is 2.31. The number of carbonyl (C=O) groups excluding carboxylic acids is 1. The van der Waals surface area contributed by atoms with Crippen molar-refractivity contribution in [2.45, 2.75) is 19.4 Å². The number of benzene rings is 1. The number of hydrogen-bond donors (Lipinski definition) is 0. The lowest BCUT2D eigenvalue weighted by Crippen LogP contribution is -2.26. The molecule has 1 saturated heterocycles. The minimum atomic E-state index is -0.258. The third-order valence-electron chi connectivity index (χ3n) is 3.39. The minimum absolute atomic E-state index is 0.150. The molecule has 2 aliphatic heterocycles. The normalized spacial score (nSPS) is 24.5. The maximum Gasteiger partial charge on any atom is 0.302 e. The zero-order valence-corrected chi connectivity index (χ0v) is 10.8. The van der Waals surface area contributed by atoms with E-state index in [1.807, 2.05) is 18.2 Å². The Labute approximate surface area is 111 Å². The van der Waals surface area contributed by atoms with Crippen LogP contribution in [0.15, 0.2) is 18.2 Å². The summed E-state index contributed by atoms with van der Waals surface area (Å²) in [6.45, 7) is 2.80. The second kappa shape index (κ2) is 5.09. The molecule has 0 N–H and O–H groups in total. The van der Waals surface area contributed by atoms with Crippen LogP contribution in [0.2, 0.25) is 0 Å². The molecule has 3 rings (SSSR count). The van der Waals surface area contributed by atoms with Crippen molar-refractivity contribution in [2.24, 2.45) is 5.92 Å². The molecular formula is C14H16O5. The van der Waals surface area contributed by atoms with Crippen molar-refractivity contribution in [2.75, 3.05) is 20.0 Å². The van der Waals surface area contributed by atoms with Crippen LogP contribution in [0.4, 0.5) is 0 Å². The van der Waals surface area contributed by atoms with Crippen molar-refractivity contribution < 1.29 is 23.7 Å². The zero-order chi connectivity index (χ0) is 13.2. The highest BCUT2D eigenvalue weighted by Crippen LogP contribution is 2.34. The molecule has 0 bridgehead atoms. The summed E-state index contributed by atoms with van der Waals surface area (Å²) in [4.78, 5) is 11.0. The van der Waals surface area contributed by atoms with Crippen molar-refractivity contribution >= 4 is 5.97 Å². The number of fused-ring (bicyclic) bond motifs is 1. The molecular weight excluding hydrogens is 248 g/mol. The molecule has 5 nitrogen and oxygen atoms in total. The Morgan fingerprint density at radius 3 is 3.00 bits per heavy atom. The molecule has 0 radical (unpaired) electrons. The van der Waals surface area contributed by atoms with E-state index in [9.17, 15) is 4.79 Å². The van der Waals surface area contributed by atoms with E-state index in [1.165, 1.54) is 6.92 Å². The molecule has 2 heterocycles. The van der Waals surface area contributed by atoms with Gasteiger partial charge in [0.1, 0.15) is 6.10 Å². The summed E-state index contributed by atoms with van der Waals surface area (Å²) in [6, 6.07) is 5.90. The van der Waals surface area contributed by atoms with E-state index in [2.05, 4.69) is 0 Å². The van der Waals surface area contributed by atoms with Crippen LogP contribution in [-0.2, 0) is 20.7 Å². The summed E-state index contributed by atoms with van der Waals surface area (Å²) in [5.74, 6) is 1.50. The van der Waals surface area contributed by atoms with Crippen molar-refractivity contribution in [3.05, 3.63) is 23.8 Å². The third-order valence-corrected chi connectivity index (χ3v) is 3.39. The molecule has 0 aliphatic carbocycles. The van der Waals surface area contributed by atoms with E-state index in [0.29, 0.717) is 13.2 Å². The van der Waals surface area contributed by atoms with Crippen LogP contribution >= 0.6 is 0 Å². The molecule has 102 valence electrons. The van der Waals surface area contributed by atoms with Crippen molar-refractivity contribution in [1.29, 1.82) is 0 Å². The lowest BCUT2D eigenvalue weighted by molar-refractivity contribution is -0.147. The van der Waals surface area contributed by atoms with E-state index < -0.39 is 0 Å². The SMILES string of the molecule is CC(=O)O[C@@H]1COC[C@@H]1Cc1ccc2c(c1)OCO2. The van der Waals surface area contributed by atoms with Gasteiger partial charge in [-0.3, -0.25) is 4.79 Å². The Hall–Kier alpha value is -1.75. The largest absolute Gasteiger partial charge is 0.460 e. The molecule has 0 amide bonds. The standard InChI is InChI=1S/C14H16O5/c1-9(15)19-14-7-16-6-11(14)4-10-2-3-12-13(5-10)18-8-17-12/h2-3,5,11,14H,4,6-8H2,1H3/t11-,14+/m0/s1. The zero-order valence-electron chi connectivity index (χ0n) is 10.8. The van der Waals surface area contributed by atoms with Gasteiger partial charge in [-0.2, -0.15) is 0 Å². The summed E-state index contributed by atoms with van der Waals surface area (Å²) < 4.78 is 21.3. The monoisotopic (exact) mass is 264 g/mol. The van der Waals surface area contributed by atoms with Crippen LogP contribution in [0.1, 0.15) is 12.5 Å². The average Bonchev–Trinajstić information content (AvgIpc) is 2.98. The highest BCUT2D eigenvalue weighted by atomic mass is 16.7. The minimum Gasteiger partial charge on any atom is -0.460 e. The lowest BCUT2D eigenvalue weighted by atomic mass is 9.96. The molecule has 1 aromatic carbocycles. The molecule has 0 unspecified atom stereocenters. The molecule has 0 aromatic heterocycles. The number of ether oxygens (including phenoxy) is 4. The van der Waals surface area contributed by atoms with Crippen molar-refractivity contribution in [3.8, 4) is 11.5 Å². The van der Waals surface area contributed by atoms with Crippen LogP contribution in [0.5, 0.6) is 11.5 Å². The topological polar surface area (TPSA) is 54.0 Å². The fraction of sp³-hybridized carbons (Fsp3) is 0.500. The Bertz CT molecular complexity index is 485. The van der Waals surface area contributed by atoms with Crippen molar-refractivity contribution in [1.82, 2.24) is 0 Å². The molecule has 1 aromatic rings. The van der Waals surface area contributed by atoms with Gasteiger partial charge >= 0.3 is 5.97 Å². The number of hydrogen-bond acceptors (Lipinski definition) is 5. The summed E-state index contributed by atoms with van der Waals surface area (Å²) in [7, 11) is 0. The first-order valence-electron chi connectivity index (χ1n) is 6.36. The van der Waals surface area contributed by atoms with Gasteiger partial charge < -0.3 is 18.9 Å². The molecule has 0 saturated carbocycles. The fourth-order valence-corrected chi connectivity index (χ4v) is 2.48. The van der Waals surface area contributed by atoms with E-state index >= 15 is 0 Å². The second-order valence-corrected chi connectivity index (χ2v) is 4.84. The maximum absolute atomic E-state index is 11.0. The first-order valence-corrected chi connectivity index (χ1v) is 6.36. The van der Waals surface area contributed by atoms with Crippen LogP contribution in [0, 0.1) is 5.92 Å². The number of carbonyl (C=O) groups is 1. The Morgan fingerprint density at radius 1 is 1.32 bits per heavy atom. The van der Waals surface area contributed by atoms with Gasteiger partial charge in [0.05, 0.1) is 13.2 Å². The van der Waals surface area contributed by atoms with E-state index in [0.717, 1.165) is 23.5 Å². The molecule has 0 spiro atoms. The summed E-state index contributed by atoms with van der Waals surface area (Å²) in [6.07, 6.45) is 0.650. The van der Waals surface area contributed by atoms with Crippen molar-refractivity contribution in [3.63, 3.8) is 0 Å². The van der Waals surface area contributed by atoms with Gasteiger partial charge in [-0.25, -0.2) is 0 Å². The summed E-state index contributed by atoms with van der Waals surface area (Å²) >= 11 is 0. The Morgan fingerprint density at radius 2 is 2.16 bits per heavy atom. The quantitative estimate of drug-likeness (QED) is 0.775. The molecule has 2 aliphatic rings. The maximum atomic E-state index is 11.0. The fourth-order valence-electron chi connectivity index (χ4n) is 2.48. The van der Waals surface area contributed by atoms with Gasteiger partial charge in [0.25, 0.3) is 0 Å². The molecule has 19 heavy (non-hydrogen) atoms. The smallest absolute Gasteiger partial charge is 0.302 e. The van der Waals surface area contributed by atoms with E-state index in [4.69, 9.17) is 18.9 Å². The molecule has 1 fully saturated rings. The van der Waals surface area contributed by atoms with Crippen LogP contribution < -0.4 is 9.47 Å². The third kappa shape index (κ3) is 2.66. The average molecular weight is 264 g/mol. The molecule has 5 heteroatoms. The van der Waals surface area contributed by atoms with Gasteiger partial charge in [-0.15, -0.1) is 0 Å². The predicted octanol–water partition coefficient (Wildman–Crippen LogP) is 1.54. The first kappa shape index (κ1) is 12.3. The molecule has 2 atom stereocenters. The van der Waals surface area contributed by atoms with Gasteiger partial charge in [-0.05, 0) is 24.1 Å². The van der Waals surface area contributed by atoms with E-state index in [-0.39, 0.29) is 24.8 Å².